The molecule has 0 aliphatic rings. The summed E-state index contributed by atoms with van der Waals surface area (Å²) in [6.45, 7) is 1.13. The molecule has 0 aliphatic heterocycles. The van der Waals surface area contributed by atoms with Crippen LogP contribution in [0, 0.1) is 5.92 Å². The Bertz CT molecular complexity index is 1360. The molecule has 0 saturated carbocycles. The van der Waals surface area contributed by atoms with E-state index in [1.807, 2.05) is 0 Å². The first-order valence-electron chi connectivity index (χ1n) is 14.9. The summed E-state index contributed by atoms with van der Waals surface area (Å²) in [5.74, 6) is -9.44. The van der Waals surface area contributed by atoms with Gasteiger partial charge >= 0.3 is 24.0 Å². The summed E-state index contributed by atoms with van der Waals surface area (Å²) in [5, 5.41) is 9.09. The largest absolute Gasteiger partial charge is 0.469 e. The molecule has 4 atom stereocenters. The Balaban J connectivity index is 3.23. The first-order chi connectivity index (χ1) is 23.2. The van der Waals surface area contributed by atoms with E-state index in [0.717, 1.165) is 21.3 Å². The Labute approximate surface area is 281 Å². The van der Waals surface area contributed by atoms with Gasteiger partial charge in [-0.1, -0.05) is 44.2 Å². The minimum absolute atomic E-state index is 0.171. The summed E-state index contributed by atoms with van der Waals surface area (Å²) in [6.07, 6.45) is -3.36. The fourth-order valence-corrected chi connectivity index (χ4v) is 4.04. The highest BCUT2D eigenvalue weighted by Crippen LogP contribution is 2.09. The second kappa shape index (κ2) is 21.5. The molecule has 0 heterocycles. The zero-order chi connectivity index (χ0) is 37.1. The quantitative estimate of drug-likeness (QED) is 0.0771. The van der Waals surface area contributed by atoms with Crippen LogP contribution in [0.15, 0.2) is 30.3 Å². The van der Waals surface area contributed by atoms with Gasteiger partial charge in [0.25, 0.3) is 0 Å². The number of esters is 3. The normalized spacial score (nSPS) is 13.0. The summed E-state index contributed by atoms with van der Waals surface area (Å²) in [5.41, 5.74) is 0.630. The number of benzene rings is 1. The zero-order valence-electron chi connectivity index (χ0n) is 27.7. The highest BCUT2D eigenvalue weighted by atomic mass is 19.1. The van der Waals surface area contributed by atoms with E-state index in [4.69, 9.17) is 4.74 Å². The number of halogens is 1. The van der Waals surface area contributed by atoms with Crippen LogP contribution in [-0.4, -0.2) is 105 Å². The van der Waals surface area contributed by atoms with Gasteiger partial charge in [-0.25, -0.2) is 9.18 Å². The van der Waals surface area contributed by atoms with Crippen molar-refractivity contribution in [3.63, 3.8) is 0 Å². The molecule has 1 rings (SSSR count). The molecule has 0 aliphatic carbocycles. The van der Waals surface area contributed by atoms with Crippen molar-refractivity contribution >= 4 is 53.3 Å². The van der Waals surface area contributed by atoms with Crippen molar-refractivity contribution in [3.05, 3.63) is 35.9 Å². The van der Waals surface area contributed by atoms with Crippen LogP contribution in [0.25, 0.3) is 0 Å². The average molecular weight is 697 g/mol. The van der Waals surface area contributed by atoms with Crippen LogP contribution in [0.1, 0.15) is 45.1 Å². The van der Waals surface area contributed by atoms with Crippen LogP contribution in [0.5, 0.6) is 0 Å². The molecule has 0 radical (unpaired) electrons. The Hall–Kier alpha value is -5.42. The smallest absolute Gasteiger partial charge is 0.408 e. The lowest BCUT2D eigenvalue weighted by atomic mass is 9.99. The van der Waals surface area contributed by atoms with Crippen molar-refractivity contribution in [3.8, 4) is 0 Å². The van der Waals surface area contributed by atoms with Crippen LogP contribution in [0.2, 0.25) is 0 Å². The summed E-state index contributed by atoms with van der Waals surface area (Å²) < 4.78 is 31.7. The van der Waals surface area contributed by atoms with Gasteiger partial charge in [-0.3, -0.25) is 38.4 Å². The number of methoxy groups -OCH3 is 3. The molecule has 17 nitrogen and oxygen atoms in total. The van der Waals surface area contributed by atoms with E-state index in [0.29, 0.717) is 5.56 Å². The van der Waals surface area contributed by atoms with Crippen LogP contribution < -0.4 is 21.3 Å². The van der Waals surface area contributed by atoms with Gasteiger partial charge in [0, 0.05) is 6.42 Å². The molecule has 0 saturated heterocycles. The molecule has 18 heteroatoms. The number of ketones is 2. The SMILES string of the molecule is COC(=O)CC[C@H](NC(=O)[C@H](CC(=O)OC)NC(=O)OCc1ccccc1)C(=O)N[C@H](C(=O)N[C@@H](CC(=O)OC)C(=O)C(=O)CF)C(C)C. The number of Topliss-reactive ketones (excluding diaryl/α,β-unsaturated/α-hetero) is 2. The van der Waals surface area contributed by atoms with Crippen molar-refractivity contribution in [2.24, 2.45) is 5.92 Å². The highest BCUT2D eigenvalue weighted by Gasteiger charge is 2.35. The predicted molar refractivity (Wildman–Crippen MR) is 165 cm³/mol. The number of hydrogen-bond donors (Lipinski definition) is 4. The molecule has 0 spiro atoms. The van der Waals surface area contributed by atoms with Crippen molar-refractivity contribution in [1.29, 1.82) is 0 Å². The number of amides is 4. The van der Waals surface area contributed by atoms with Crippen molar-refractivity contribution < 1.29 is 66.5 Å². The van der Waals surface area contributed by atoms with Crippen molar-refractivity contribution in [1.82, 2.24) is 21.3 Å². The van der Waals surface area contributed by atoms with Gasteiger partial charge in [0.05, 0.1) is 34.2 Å². The van der Waals surface area contributed by atoms with Gasteiger partial charge < -0.3 is 40.2 Å². The highest BCUT2D eigenvalue weighted by molar-refractivity contribution is 6.40. The number of alkyl halides is 1. The minimum Gasteiger partial charge on any atom is -0.469 e. The molecule has 4 N–H and O–H groups in total. The van der Waals surface area contributed by atoms with E-state index in [1.54, 1.807) is 30.3 Å². The monoisotopic (exact) mass is 696 g/mol. The third kappa shape index (κ3) is 14.9. The lowest BCUT2D eigenvalue weighted by Crippen LogP contribution is -2.59. The third-order valence-corrected chi connectivity index (χ3v) is 6.79. The van der Waals surface area contributed by atoms with Crippen LogP contribution in [-0.2, 0) is 63.9 Å². The topological polar surface area (TPSA) is 239 Å². The van der Waals surface area contributed by atoms with Crippen molar-refractivity contribution in [2.45, 2.75) is 70.3 Å². The average Bonchev–Trinajstić information content (AvgIpc) is 3.09. The fraction of sp³-hybridized carbons (Fsp3) is 0.516. The molecule has 270 valence electrons. The predicted octanol–water partition coefficient (Wildman–Crippen LogP) is -0.421. The second-order valence-electron chi connectivity index (χ2n) is 10.7. The first kappa shape index (κ1) is 41.6. The molecule has 49 heavy (non-hydrogen) atoms. The number of nitrogens with one attached hydrogen (secondary N) is 4. The third-order valence-electron chi connectivity index (χ3n) is 6.79. The molecule has 0 aromatic heterocycles. The maximum absolute atomic E-state index is 13.5. The molecule has 4 amide bonds. The molecule has 1 aromatic carbocycles. The Morgan fingerprint density at radius 3 is 1.73 bits per heavy atom. The molecule has 0 bridgehead atoms. The van der Waals surface area contributed by atoms with Crippen LogP contribution in [0.4, 0.5) is 9.18 Å². The Morgan fingerprint density at radius 2 is 1.20 bits per heavy atom. The maximum Gasteiger partial charge on any atom is 0.408 e. The summed E-state index contributed by atoms with van der Waals surface area (Å²) in [4.78, 5) is 112. The number of ether oxygens (including phenoxy) is 4. The summed E-state index contributed by atoms with van der Waals surface area (Å²) in [7, 11) is 3.12. The fourth-order valence-electron chi connectivity index (χ4n) is 4.04. The standard InChI is InChI=1S/C31H41FN4O13/c1-17(2)26(30(44)34-20(13-24(39)47-4)27(41)22(37)15-32)36-28(42)19(11-12-23(38)46-3)33-29(43)21(14-25(40)48-5)35-31(45)49-16-18-9-7-6-8-10-18/h6-10,17,19-21,26H,11-16H2,1-5H3,(H,33,43)(H,34,44)(H,35,45)(H,36,42)/t19-,20-,21-,26-/m0/s1. The lowest BCUT2D eigenvalue weighted by molar-refractivity contribution is -0.146. The Morgan fingerprint density at radius 1 is 0.673 bits per heavy atom. The van der Waals surface area contributed by atoms with Gasteiger partial charge in [0.15, 0.2) is 6.67 Å². The van der Waals surface area contributed by atoms with E-state index in [2.05, 4.69) is 35.5 Å². The molecule has 0 unspecified atom stereocenters. The minimum atomic E-state index is -1.82. The molecular formula is C31H41FN4O13. The summed E-state index contributed by atoms with van der Waals surface area (Å²) >= 11 is 0. The number of carbonyl (C=O) groups is 9. The molecule has 1 aromatic rings. The van der Waals surface area contributed by atoms with E-state index in [-0.39, 0.29) is 13.0 Å². The molecule has 0 fully saturated rings. The van der Waals surface area contributed by atoms with Gasteiger partial charge in [0.2, 0.25) is 29.3 Å². The number of rotatable bonds is 20. The maximum atomic E-state index is 13.5. The van der Waals surface area contributed by atoms with E-state index in [9.17, 15) is 47.5 Å². The summed E-state index contributed by atoms with van der Waals surface area (Å²) in [6, 6.07) is 2.08. The van der Waals surface area contributed by atoms with Crippen LogP contribution in [0.3, 0.4) is 0 Å². The number of alkyl carbamates (subject to hydrolysis) is 1. The Kier molecular flexibility index (Phi) is 18.2. The zero-order valence-corrected chi connectivity index (χ0v) is 27.7. The first-order valence-corrected chi connectivity index (χ1v) is 14.9. The molecular weight excluding hydrogens is 655 g/mol. The van der Waals surface area contributed by atoms with E-state index in [1.165, 1.54) is 13.8 Å². The second-order valence-corrected chi connectivity index (χ2v) is 10.7. The number of carbonyl (C=O) groups excluding carboxylic acids is 9. The lowest BCUT2D eigenvalue weighted by Gasteiger charge is -2.27. The number of hydrogen-bond acceptors (Lipinski definition) is 13. The van der Waals surface area contributed by atoms with E-state index >= 15 is 0 Å². The van der Waals surface area contributed by atoms with Gasteiger partial charge in [-0.2, -0.15) is 0 Å². The van der Waals surface area contributed by atoms with Gasteiger partial charge in [0.1, 0.15) is 30.8 Å². The van der Waals surface area contributed by atoms with Gasteiger partial charge in [-0.05, 0) is 17.9 Å². The van der Waals surface area contributed by atoms with Crippen molar-refractivity contribution in [2.75, 3.05) is 28.0 Å². The van der Waals surface area contributed by atoms with Gasteiger partial charge in [-0.15, -0.1) is 0 Å². The van der Waals surface area contributed by atoms with E-state index < -0.39 is 109 Å². The van der Waals surface area contributed by atoms with Crippen LogP contribution >= 0.6 is 0 Å².